The number of carbonyl (C=O) groups is 2. The summed E-state index contributed by atoms with van der Waals surface area (Å²) in [5.41, 5.74) is 2.00. The van der Waals surface area contributed by atoms with Crippen LogP contribution in [0.25, 0.3) is 6.08 Å². The molecule has 2 aliphatic heterocycles. The van der Waals surface area contributed by atoms with Crippen LogP contribution >= 0.6 is 11.8 Å². The summed E-state index contributed by atoms with van der Waals surface area (Å²) in [5, 5.41) is 0.652. The molecule has 0 saturated carbocycles. The Hall–Kier alpha value is -2.34. The number of benzene rings is 1. The molecule has 0 radical (unpaired) electrons. The molecule has 1 fully saturated rings. The van der Waals surface area contributed by atoms with Gasteiger partial charge < -0.3 is 4.74 Å². The molecule has 1 atom stereocenters. The van der Waals surface area contributed by atoms with E-state index in [4.69, 9.17) is 4.74 Å². The van der Waals surface area contributed by atoms with Crippen molar-refractivity contribution in [3.05, 3.63) is 53.2 Å². The second-order valence-corrected chi connectivity index (χ2v) is 6.52. The van der Waals surface area contributed by atoms with Crippen LogP contribution < -0.4 is 0 Å². The van der Waals surface area contributed by atoms with E-state index < -0.39 is 12.0 Å². The highest BCUT2D eigenvalue weighted by molar-refractivity contribution is 8.14. The molecular formula is C18H18N2O3S. The van der Waals surface area contributed by atoms with Crippen LogP contribution in [0.1, 0.15) is 18.9 Å². The number of rotatable bonds is 3. The Morgan fingerprint density at radius 3 is 2.83 bits per heavy atom. The lowest BCUT2D eigenvalue weighted by Crippen LogP contribution is -2.49. The normalized spacial score (nSPS) is 20.9. The van der Waals surface area contributed by atoms with Gasteiger partial charge in [0.05, 0.1) is 24.4 Å². The molecular weight excluding hydrogens is 324 g/mol. The van der Waals surface area contributed by atoms with Gasteiger partial charge >= 0.3 is 5.97 Å². The van der Waals surface area contributed by atoms with Gasteiger partial charge in [-0.05, 0) is 12.5 Å². The van der Waals surface area contributed by atoms with Crippen LogP contribution in [-0.2, 0) is 14.3 Å². The summed E-state index contributed by atoms with van der Waals surface area (Å²) in [6, 6.07) is 9.27. The summed E-state index contributed by atoms with van der Waals surface area (Å²) in [7, 11) is 1.34. The Morgan fingerprint density at radius 1 is 1.38 bits per heavy atom. The Kier molecular flexibility index (Phi) is 4.85. The Morgan fingerprint density at radius 2 is 2.12 bits per heavy atom. The smallest absolute Gasteiger partial charge is 0.338 e. The largest absolute Gasteiger partial charge is 0.466 e. The highest BCUT2D eigenvalue weighted by Crippen LogP contribution is 2.32. The number of esters is 1. The first-order chi connectivity index (χ1) is 11.6. The van der Waals surface area contributed by atoms with Gasteiger partial charge in [0.2, 0.25) is 5.91 Å². The number of amides is 1. The molecule has 0 bridgehead atoms. The fourth-order valence-corrected chi connectivity index (χ4v) is 3.78. The number of hydrogen-bond donors (Lipinski definition) is 0. The monoisotopic (exact) mass is 342 g/mol. The van der Waals surface area contributed by atoms with Gasteiger partial charge in [-0.2, -0.15) is 0 Å². The minimum Gasteiger partial charge on any atom is -0.466 e. The maximum atomic E-state index is 12.4. The second-order valence-electron chi connectivity index (χ2n) is 5.46. The summed E-state index contributed by atoms with van der Waals surface area (Å²) < 4.78 is 4.91. The topological polar surface area (TPSA) is 59.0 Å². The molecule has 0 N–H and O–H groups in total. The maximum Gasteiger partial charge on any atom is 0.338 e. The van der Waals surface area contributed by atoms with Crippen molar-refractivity contribution in [3.8, 4) is 0 Å². The lowest BCUT2D eigenvalue weighted by Gasteiger charge is -2.37. The van der Waals surface area contributed by atoms with Gasteiger partial charge in [0.15, 0.2) is 5.17 Å². The van der Waals surface area contributed by atoms with Gasteiger partial charge in [0.25, 0.3) is 0 Å². The first-order valence-electron chi connectivity index (χ1n) is 7.67. The molecule has 6 heteroatoms. The highest BCUT2D eigenvalue weighted by Gasteiger charge is 2.39. The third kappa shape index (κ3) is 3.14. The zero-order chi connectivity index (χ0) is 17.1. The SMILES string of the molecule is COC(=O)C1=C(C)N=C2SCCC(=O)N2[C@@H]1/C=C\c1ccccc1. The third-order valence-electron chi connectivity index (χ3n) is 3.92. The molecule has 124 valence electrons. The van der Waals surface area contributed by atoms with E-state index >= 15 is 0 Å². The molecule has 1 aromatic rings. The average molecular weight is 342 g/mol. The maximum absolute atomic E-state index is 12.4. The summed E-state index contributed by atoms with van der Waals surface area (Å²) in [6.45, 7) is 1.78. The molecule has 0 aliphatic carbocycles. The highest BCUT2D eigenvalue weighted by atomic mass is 32.2. The molecule has 0 spiro atoms. The number of hydrogen-bond acceptors (Lipinski definition) is 5. The van der Waals surface area contributed by atoms with Gasteiger partial charge in [-0.15, -0.1) is 0 Å². The van der Waals surface area contributed by atoms with Crippen LogP contribution in [-0.4, -0.2) is 40.8 Å². The summed E-state index contributed by atoms with van der Waals surface area (Å²) in [4.78, 5) is 30.7. The molecule has 2 aliphatic rings. The van der Waals surface area contributed by atoms with Gasteiger partial charge in [0.1, 0.15) is 0 Å². The second kappa shape index (κ2) is 7.05. The lowest BCUT2D eigenvalue weighted by molar-refractivity contribution is -0.137. The van der Waals surface area contributed by atoms with Crippen LogP contribution in [0.5, 0.6) is 0 Å². The van der Waals surface area contributed by atoms with Crippen molar-refractivity contribution in [1.29, 1.82) is 0 Å². The summed E-state index contributed by atoms with van der Waals surface area (Å²) >= 11 is 1.54. The summed E-state index contributed by atoms with van der Waals surface area (Å²) in [5.74, 6) is 0.231. The Labute approximate surface area is 145 Å². The number of aliphatic imine (C=N–C) groups is 1. The molecule has 1 saturated heterocycles. The zero-order valence-electron chi connectivity index (χ0n) is 13.6. The number of methoxy groups -OCH3 is 1. The lowest BCUT2D eigenvalue weighted by atomic mass is 10.00. The molecule has 2 heterocycles. The van der Waals surface area contributed by atoms with E-state index in [-0.39, 0.29) is 5.91 Å². The number of ether oxygens (including phenoxy) is 1. The van der Waals surface area contributed by atoms with Crippen LogP contribution in [0.2, 0.25) is 0 Å². The van der Waals surface area contributed by atoms with Crippen molar-refractivity contribution in [1.82, 2.24) is 4.90 Å². The predicted molar refractivity (Wildman–Crippen MR) is 95.3 cm³/mol. The minimum atomic E-state index is -0.495. The van der Waals surface area contributed by atoms with Gasteiger partial charge in [0, 0.05) is 12.2 Å². The molecule has 0 unspecified atom stereocenters. The average Bonchev–Trinajstić information content (AvgIpc) is 2.59. The Balaban J connectivity index is 2.03. The van der Waals surface area contributed by atoms with Crippen LogP contribution in [0.15, 0.2) is 52.7 Å². The van der Waals surface area contributed by atoms with E-state index in [2.05, 4.69) is 4.99 Å². The van der Waals surface area contributed by atoms with Crippen molar-refractivity contribution >= 4 is 34.9 Å². The number of amidine groups is 1. The first-order valence-corrected chi connectivity index (χ1v) is 8.66. The number of nitrogens with zero attached hydrogens (tertiary/aromatic N) is 2. The minimum absolute atomic E-state index is 0.0240. The predicted octanol–water partition coefficient (Wildman–Crippen LogP) is 2.85. The molecule has 24 heavy (non-hydrogen) atoms. The van der Waals surface area contributed by atoms with Crippen LogP contribution in [0.3, 0.4) is 0 Å². The van der Waals surface area contributed by atoms with E-state index in [1.165, 1.54) is 18.9 Å². The van der Waals surface area contributed by atoms with E-state index in [1.54, 1.807) is 11.8 Å². The molecule has 0 aromatic heterocycles. The van der Waals surface area contributed by atoms with E-state index in [0.29, 0.717) is 28.6 Å². The number of thioether (sulfide) groups is 1. The van der Waals surface area contributed by atoms with Crippen molar-refractivity contribution in [2.75, 3.05) is 12.9 Å². The molecule has 3 rings (SSSR count). The molecule has 1 aromatic carbocycles. The van der Waals surface area contributed by atoms with E-state index in [9.17, 15) is 9.59 Å². The van der Waals surface area contributed by atoms with Crippen LogP contribution in [0, 0.1) is 0 Å². The van der Waals surface area contributed by atoms with E-state index in [1.807, 2.05) is 42.5 Å². The quantitative estimate of drug-likeness (QED) is 0.793. The van der Waals surface area contributed by atoms with Crippen molar-refractivity contribution < 1.29 is 14.3 Å². The summed E-state index contributed by atoms with van der Waals surface area (Å²) in [6.07, 6.45) is 4.22. The number of carbonyl (C=O) groups excluding carboxylic acids is 2. The standard InChI is InChI=1S/C18H18N2O3S/c1-12-16(17(22)23-2)14(9-8-13-6-4-3-5-7-13)20-15(21)10-11-24-18(20)19-12/h3-9,14H,10-11H2,1-2H3/b9-8-/t14-/m1/s1. The third-order valence-corrected chi connectivity index (χ3v) is 4.88. The fraction of sp³-hybridized carbons (Fsp3) is 0.278. The number of fused-ring (bicyclic) bond motifs is 1. The Bertz CT molecular complexity index is 753. The van der Waals surface area contributed by atoms with Gasteiger partial charge in [-0.3, -0.25) is 9.69 Å². The van der Waals surface area contributed by atoms with Gasteiger partial charge in [-0.1, -0.05) is 54.2 Å². The van der Waals surface area contributed by atoms with Gasteiger partial charge in [-0.25, -0.2) is 9.79 Å². The van der Waals surface area contributed by atoms with Crippen molar-refractivity contribution in [3.63, 3.8) is 0 Å². The molecule has 1 amide bonds. The number of allylic oxidation sites excluding steroid dienone is 1. The fourth-order valence-electron chi connectivity index (χ4n) is 2.76. The van der Waals surface area contributed by atoms with Crippen molar-refractivity contribution in [2.45, 2.75) is 19.4 Å². The molecule has 5 nitrogen and oxygen atoms in total. The van der Waals surface area contributed by atoms with Crippen LogP contribution in [0.4, 0.5) is 0 Å². The van der Waals surface area contributed by atoms with E-state index in [0.717, 1.165) is 5.56 Å². The first kappa shape index (κ1) is 16.5. The zero-order valence-corrected chi connectivity index (χ0v) is 14.4. The van der Waals surface area contributed by atoms with Crippen molar-refractivity contribution in [2.24, 2.45) is 4.99 Å².